The van der Waals surface area contributed by atoms with Gasteiger partial charge in [0, 0.05) is 22.7 Å². The van der Waals surface area contributed by atoms with Crippen molar-refractivity contribution in [1.82, 2.24) is 5.16 Å². The standard InChI is InChI=1S/C19H19F3N2O2/c20-19(21,22)13-8-12(17-15-6-1-2-7-16(15)24-26-17)9-14(10-13)23-18(25)11-4-3-5-11/h8-11H,1-7H2,(H,23,25). The second kappa shape index (κ2) is 6.45. The second-order valence-corrected chi connectivity index (χ2v) is 7.06. The lowest BCUT2D eigenvalue weighted by Crippen LogP contribution is -2.28. The zero-order valence-electron chi connectivity index (χ0n) is 14.2. The van der Waals surface area contributed by atoms with Crippen LogP contribution in [0.2, 0.25) is 0 Å². The molecule has 2 aromatic rings. The third kappa shape index (κ3) is 3.22. The molecule has 1 aromatic heterocycles. The molecule has 1 fully saturated rings. The molecule has 1 N–H and O–H groups in total. The molecule has 0 unspecified atom stereocenters. The molecule has 1 saturated carbocycles. The van der Waals surface area contributed by atoms with Gasteiger partial charge >= 0.3 is 6.18 Å². The Morgan fingerprint density at radius 1 is 1.12 bits per heavy atom. The molecule has 7 heteroatoms. The number of carbonyl (C=O) groups excluding carboxylic acids is 1. The van der Waals surface area contributed by atoms with E-state index in [-0.39, 0.29) is 17.5 Å². The number of carbonyl (C=O) groups is 1. The quantitative estimate of drug-likeness (QED) is 0.836. The summed E-state index contributed by atoms with van der Waals surface area (Å²) in [5.41, 5.74) is 1.35. The molecular weight excluding hydrogens is 345 g/mol. The number of rotatable bonds is 3. The summed E-state index contributed by atoms with van der Waals surface area (Å²) < 4.78 is 45.4. The van der Waals surface area contributed by atoms with Gasteiger partial charge in [-0.1, -0.05) is 11.6 Å². The molecule has 1 aromatic carbocycles. The molecule has 4 nitrogen and oxygen atoms in total. The number of anilines is 1. The lowest BCUT2D eigenvalue weighted by atomic mass is 9.85. The highest BCUT2D eigenvalue weighted by Crippen LogP contribution is 2.38. The van der Waals surface area contributed by atoms with Crippen LogP contribution in [0.1, 0.15) is 48.9 Å². The first-order valence-electron chi connectivity index (χ1n) is 8.93. The van der Waals surface area contributed by atoms with Crippen molar-refractivity contribution in [3.8, 4) is 11.3 Å². The van der Waals surface area contributed by atoms with Crippen molar-refractivity contribution in [3.05, 3.63) is 35.0 Å². The average Bonchev–Trinajstić information content (AvgIpc) is 2.96. The monoisotopic (exact) mass is 364 g/mol. The highest BCUT2D eigenvalue weighted by atomic mass is 19.4. The number of nitrogens with zero attached hydrogens (tertiary/aromatic N) is 1. The molecule has 1 heterocycles. The van der Waals surface area contributed by atoms with Crippen molar-refractivity contribution in [3.63, 3.8) is 0 Å². The summed E-state index contributed by atoms with van der Waals surface area (Å²) in [6, 6.07) is 3.58. The first-order chi connectivity index (χ1) is 12.4. The molecule has 0 spiro atoms. The van der Waals surface area contributed by atoms with Crippen LogP contribution in [0.15, 0.2) is 22.7 Å². The van der Waals surface area contributed by atoms with Crippen LogP contribution in [0.3, 0.4) is 0 Å². The molecule has 138 valence electrons. The predicted molar refractivity (Wildman–Crippen MR) is 89.6 cm³/mol. The van der Waals surface area contributed by atoms with Gasteiger partial charge in [0.05, 0.1) is 11.3 Å². The summed E-state index contributed by atoms with van der Waals surface area (Å²) in [5, 5.41) is 6.66. The minimum absolute atomic E-state index is 0.106. The molecule has 0 aliphatic heterocycles. The van der Waals surface area contributed by atoms with E-state index in [2.05, 4.69) is 10.5 Å². The van der Waals surface area contributed by atoms with Crippen LogP contribution in [0.4, 0.5) is 18.9 Å². The molecule has 1 amide bonds. The van der Waals surface area contributed by atoms with Crippen molar-refractivity contribution >= 4 is 11.6 Å². The number of benzene rings is 1. The van der Waals surface area contributed by atoms with Crippen molar-refractivity contribution in [2.75, 3.05) is 5.32 Å². The van der Waals surface area contributed by atoms with Crippen molar-refractivity contribution in [2.24, 2.45) is 5.92 Å². The van der Waals surface area contributed by atoms with Crippen LogP contribution in [0, 0.1) is 5.92 Å². The maximum atomic E-state index is 13.3. The summed E-state index contributed by atoms with van der Waals surface area (Å²) in [5.74, 6) is 0.0529. The van der Waals surface area contributed by atoms with Gasteiger partial charge in [-0.15, -0.1) is 0 Å². The Morgan fingerprint density at radius 3 is 2.58 bits per heavy atom. The lowest BCUT2D eigenvalue weighted by Gasteiger charge is -2.24. The highest BCUT2D eigenvalue weighted by molar-refractivity contribution is 5.93. The lowest BCUT2D eigenvalue weighted by molar-refractivity contribution is -0.137. The van der Waals surface area contributed by atoms with Gasteiger partial charge in [0.15, 0.2) is 5.76 Å². The molecule has 0 atom stereocenters. The molecule has 26 heavy (non-hydrogen) atoms. The Balaban J connectivity index is 1.72. The number of fused-ring (bicyclic) bond motifs is 1. The minimum atomic E-state index is -4.51. The summed E-state index contributed by atoms with van der Waals surface area (Å²) in [7, 11) is 0. The van der Waals surface area contributed by atoms with E-state index in [1.807, 2.05) is 0 Å². The Hall–Kier alpha value is -2.31. The van der Waals surface area contributed by atoms with Gasteiger partial charge < -0.3 is 9.84 Å². The number of aryl methyl sites for hydroxylation is 1. The van der Waals surface area contributed by atoms with Gasteiger partial charge in [0.25, 0.3) is 0 Å². The number of nitrogens with one attached hydrogen (secondary N) is 1. The molecule has 0 radical (unpaired) electrons. The van der Waals surface area contributed by atoms with Gasteiger partial charge in [-0.3, -0.25) is 4.79 Å². The van der Waals surface area contributed by atoms with E-state index in [4.69, 9.17) is 4.52 Å². The second-order valence-electron chi connectivity index (χ2n) is 7.06. The molecule has 4 rings (SSSR count). The van der Waals surface area contributed by atoms with Gasteiger partial charge in [-0.2, -0.15) is 13.2 Å². The minimum Gasteiger partial charge on any atom is -0.356 e. The predicted octanol–water partition coefficient (Wildman–Crippen LogP) is 4.98. The Kier molecular flexibility index (Phi) is 4.25. The fraction of sp³-hybridized carbons (Fsp3) is 0.474. The maximum absolute atomic E-state index is 13.3. The number of alkyl halides is 3. The molecule has 2 aliphatic rings. The number of hydrogen-bond acceptors (Lipinski definition) is 3. The number of halogens is 3. The SMILES string of the molecule is O=C(Nc1cc(-c2onc3c2CCCC3)cc(C(F)(F)F)c1)C1CCC1. The fourth-order valence-electron chi connectivity index (χ4n) is 3.53. The Morgan fingerprint density at radius 2 is 1.88 bits per heavy atom. The molecule has 0 bridgehead atoms. The van der Waals surface area contributed by atoms with E-state index in [9.17, 15) is 18.0 Å². The summed E-state index contributed by atoms with van der Waals surface area (Å²) in [4.78, 5) is 12.2. The van der Waals surface area contributed by atoms with Gasteiger partial charge in [0.2, 0.25) is 5.91 Å². The van der Waals surface area contributed by atoms with Crippen LogP contribution in [0.5, 0.6) is 0 Å². The first kappa shape index (κ1) is 17.1. The van der Waals surface area contributed by atoms with E-state index < -0.39 is 11.7 Å². The normalized spacial score (nSPS) is 17.5. The van der Waals surface area contributed by atoms with E-state index in [1.165, 1.54) is 0 Å². The zero-order valence-corrected chi connectivity index (χ0v) is 14.2. The molecule has 0 saturated heterocycles. The van der Waals surface area contributed by atoms with Crippen LogP contribution in [-0.4, -0.2) is 11.1 Å². The molecule has 2 aliphatic carbocycles. The van der Waals surface area contributed by atoms with E-state index in [1.54, 1.807) is 6.07 Å². The van der Waals surface area contributed by atoms with Crippen LogP contribution in [0.25, 0.3) is 11.3 Å². The maximum Gasteiger partial charge on any atom is 0.416 e. The van der Waals surface area contributed by atoms with Gasteiger partial charge in [-0.25, -0.2) is 0 Å². The number of hydrogen-bond donors (Lipinski definition) is 1. The summed E-state index contributed by atoms with van der Waals surface area (Å²) in [6.07, 6.45) is 1.54. The van der Waals surface area contributed by atoms with Crippen molar-refractivity contribution < 1.29 is 22.5 Å². The van der Waals surface area contributed by atoms with E-state index in [0.29, 0.717) is 11.3 Å². The summed E-state index contributed by atoms with van der Waals surface area (Å²) >= 11 is 0. The number of aromatic nitrogens is 1. The zero-order chi connectivity index (χ0) is 18.3. The number of amides is 1. The van der Waals surface area contributed by atoms with Crippen molar-refractivity contribution in [2.45, 2.75) is 51.1 Å². The fourth-order valence-corrected chi connectivity index (χ4v) is 3.53. The largest absolute Gasteiger partial charge is 0.416 e. The first-order valence-corrected chi connectivity index (χ1v) is 8.93. The van der Waals surface area contributed by atoms with Gasteiger partial charge in [-0.05, 0) is 56.7 Å². The topological polar surface area (TPSA) is 55.1 Å². The molecular formula is C19H19F3N2O2. The third-order valence-electron chi connectivity index (χ3n) is 5.23. The highest BCUT2D eigenvalue weighted by Gasteiger charge is 2.33. The smallest absolute Gasteiger partial charge is 0.356 e. The van der Waals surface area contributed by atoms with E-state index >= 15 is 0 Å². The average molecular weight is 364 g/mol. The third-order valence-corrected chi connectivity index (χ3v) is 5.23. The van der Waals surface area contributed by atoms with Crippen molar-refractivity contribution in [1.29, 1.82) is 0 Å². The summed E-state index contributed by atoms with van der Waals surface area (Å²) in [6.45, 7) is 0. The Bertz CT molecular complexity index is 838. The Labute approximate surface area is 148 Å². The van der Waals surface area contributed by atoms with Gasteiger partial charge in [0.1, 0.15) is 0 Å². The van der Waals surface area contributed by atoms with E-state index in [0.717, 1.165) is 68.3 Å². The van der Waals surface area contributed by atoms with Crippen LogP contribution < -0.4 is 5.32 Å². The van der Waals surface area contributed by atoms with Crippen LogP contribution >= 0.6 is 0 Å². The van der Waals surface area contributed by atoms with Crippen LogP contribution in [-0.2, 0) is 23.8 Å².